The highest BCUT2D eigenvalue weighted by molar-refractivity contribution is 5.94. The average molecular weight is 141 g/mol. The van der Waals surface area contributed by atoms with E-state index in [1.807, 2.05) is 0 Å². The van der Waals surface area contributed by atoms with Crippen molar-refractivity contribution >= 4 is 11.9 Å². The molecule has 10 heavy (non-hydrogen) atoms. The third-order valence-corrected chi connectivity index (χ3v) is 1.26. The van der Waals surface area contributed by atoms with Crippen molar-refractivity contribution < 1.29 is 19.4 Å². The number of ether oxygens (including phenoxy) is 1. The van der Waals surface area contributed by atoms with Crippen molar-refractivity contribution in [1.29, 1.82) is 0 Å². The largest absolute Gasteiger partial charge is 0.545 e. The fourth-order valence-corrected chi connectivity index (χ4v) is 0.753. The molecule has 1 rings (SSSR count). The molecule has 0 amide bonds. The van der Waals surface area contributed by atoms with Gasteiger partial charge in [0.25, 0.3) is 0 Å². The van der Waals surface area contributed by atoms with E-state index in [-0.39, 0.29) is 17.8 Å². The van der Waals surface area contributed by atoms with Gasteiger partial charge in [-0.25, -0.2) is 0 Å². The Morgan fingerprint density at radius 3 is 2.50 bits per heavy atom. The third kappa shape index (κ3) is 1.00. The van der Waals surface area contributed by atoms with Gasteiger partial charge in [0.05, 0.1) is 12.4 Å². The van der Waals surface area contributed by atoms with Crippen LogP contribution < -0.4 is 5.11 Å². The van der Waals surface area contributed by atoms with E-state index in [0.29, 0.717) is 0 Å². The molecule has 0 spiro atoms. The van der Waals surface area contributed by atoms with Crippen LogP contribution in [0.2, 0.25) is 0 Å². The lowest BCUT2D eigenvalue weighted by Gasteiger charge is -1.98. The summed E-state index contributed by atoms with van der Waals surface area (Å²) in [6, 6.07) is 0. The lowest BCUT2D eigenvalue weighted by molar-refractivity contribution is -0.299. The minimum absolute atomic E-state index is 0.0509. The van der Waals surface area contributed by atoms with Crippen LogP contribution in [-0.2, 0) is 14.3 Å². The molecule has 0 aromatic heterocycles. The van der Waals surface area contributed by atoms with E-state index >= 15 is 0 Å². The van der Waals surface area contributed by atoms with Crippen LogP contribution in [0.25, 0.3) is 0 Å². The minimum atomic E-state index is -1.33. The van der Waals surface area contributed by atoms with Crippen molar-refractivity contribution in [1.82, 2.24) is 0 Å². The van der Waals surface area contributed by atoms with E-state index in [1.165, 1.54) is 6.92 Å². The first-order chi connectivity index (χ1) is 4.61. The summed E-state index contributed by atoms with van der Waals surface area (Å²) in [7, 11) is 0. The maximum absolute atomic E-state index is 10.4. The summed E-state index contributed by atoms with van der Waals surface area (Å²) in [5.41, 5.74) is -0.0509. The Hall–Kier alpha value is -1.32. The van der Waals surface area contributed by atoms with Gasteiger partial charge in [-0.05, 0) is 6.92 Å². The predicted octanol–water partition coefficient (Wildman–Crippen LogP) is -1.04. The molecule has 0 atom stereocenters. The maximum Gasteiger partial charge on any atom is 0.315 e. The standard InChI is InChI=1S/C6H6O4/c1-3-4(6(8)9)2-5(7)10-3/h2H2,1H3,(H,8,9)/p-1. The summed E-state index contributed by atoms with van der Waals surface area (Å²) in [5.74, 6) is -1.72. The monoisotopic (exact) mass is 141 g/mol. The van der Waals surface area contributed by atoms with Gasteiger partial charge >= 0.3 is 5.97 Å². The number of esters is 1. The summed E-state index contributed by atoms with van der Waals surface area (Å²) >= 11 is 0. The summed E-state index contributed by atoms with van der Waals surface area (Å²) < 4.78 is 4.45. The predicted molar refractivity (Wildman–Crippen MR) is 28.4 cm³/mol. The summed E-state index contributed by atoms with van der Waals surface area (Å²) in [6.07, 6.45) is -0.172. The molecule has 0 radical (unpaired) electrons. The summed E-state index contributed by atoms with van der Waals surface area (Å²) in [5, 5.41) is 10.2. The topological polar surface area (TPSA) is 66.4 Å². The second-order valence-electron chi connectivity index (χ2n) is 1.97. The smallest absolute Gasteiger partial charge is 0.315 e. The first-order valence-corrected chi connectivity index (χ1v) is 2.73. The van der Waals surface area contributed by atoms with Crippen LogP contribution in [0.1, 0.15) is 13.3 Å². The summed E-state index contributed by atoms with van der Waals surface area (Å²) in [4.78, 5) is 20.6. The van der Waals surface area contributed by atoms with Gasteiger partial charge in [0.2, 0.25) is 0 Å². The minimum Gasteiger partial charge on any atom is -0.545 e. The molecule has 4 heteroatoms. The van der Waals surface area contributed by atoms with Crippen LogP contribution in [0.5, 0.6) is 0 Å². The Morgan fingerprint density at radius 2 is 2.30 bits per heavy atom. The normalized spacial score (nSPS) is 17.5. The van der Waals surface area contributed by atoms with Gasteiger partial charge in [0, 0.05) is 5.57 Å². The molecule has 0 aromatic carbocycles. The van der Waals surface area contributed by atoms with Gasteiger partial charge in [-0.2, -0.15) is 0 Å². The zero-order valence-electron chi connectivity index (χ0n) is 5.34. The second kappa shape index (κ2) is 2.13. The molecule has 0 saturated carbocycles. The first kappa shape index (κ1) is 6.80. The zero-order chi connectivity index (χ0) is 7.72. The highest BCUT2D eigenvalue weighted by Crippen LogP contribution is 2.18. The number of allylic oxidation sites excluding steroid dienone is 1. The average Bonchev–Trinajstić information content (AvgIpc) is 2.10. The van der Waals surface area contributed by atoms with Crippen LogP contribution in [0.4, 0.5) is 0 Å². The molecule has 0 N–H and O–H groups in total. The van der Waals surface area contributed by atoms with Crippen LogP contribution >= 0.6 is 0 Å². The number of carboxylic acids is 1. The maximum atomic E-state index is 10.4. The van der Waals surface area contributed by atoms with E-state index in [0.717, 1.165) is 0 Å². The van der Waals surface area contributed by atoms with Crippen LogP contribution in [0.15, 0.2) is 11.3 Å². The van der Waals surface area contributed by atoms with E-state index < -0.39 is 11.9 Å². The van der Waals surface area contributed by atoms with E-state index in [1.54, 1.807) is 0 Å². The van der Waals surface area contributed by atoms with E-state index in [2.05, 4.69) is 4.74 Å². The molecule has 54 valence electrons. The van der Waals surface area contributed by atoms with Gasteiger partial charge in [-0.3, -0.25) is 4.79 Å². The molecule has 0 bridgehead atoms. The first-order valence-electron chi connectivity index (χ1n) is 2.73. The van der Waals surface area contributed by atoms with Crippen molar-refractivity contribution in [3.63, 3.8) is 0 Å². The molecule has 0 aliphatic carbocycles. The van der Waals surface area contributed by atoms with Crippen molar-refractivity contribution in [2.75, 3.05) is 0 Å². The Bertz CT molecular complexity index is 226. The van der Waals surface area contributed by atoms with Crippen LogP contribution in [-0.4, -0.2) is 11.9 Å². The quantitative estimate of drug-likeness (QED) is 0.437. The van der Waals surface area contributed by atoms with Crippen molar-refractivity contribution in [2.45, 2.75) is 13.3 Å². The summed E-state index contributed by atoms with van der Waals surface area (Å²) in [6.45, 7) is 1.43. The van der Waals surface area contributed by atoms with Gasteiger partial charge in [0.1, 0.15) is 5.76 Å². The van der Waals surface area contributed by atoms with Gasteiger partial charge in [0.15, 0.2) is 0 Å². The zero-order valence-corrected chi connectivity index (χ0v) is 5.34. The highest BCUT2D eigenvalue weighted by atomic mass is 16.5. The lowest BCUT2D eigenvalue weighted by Crippen LogP contribution is -2.24. The molecule has 1 aliphatic rings. The molecular formula is C6H5O4-. The number of aliphatic carboxylic acids is 1. The van der Waals surface area contributed by atoms with E-state index in [9.17, 15) is 14.7 Å². The Balaban J connectivity index is 2.86. The van der Waals surface area contributed by atoms with E-state index in [4.69, 9.17) is 0 Å². The second-order valence-corrected chi connectivity index (χ2v) is 1.97. The number of carboxylic acid groups (broad SMARTS) is 1. The highest BCUT2D eigenvalue weighted by Gasteiger charge is 2.20. The lowest BCUT2D eigenvalue weighted by atomic mass is 10.2. The van der Waals surface area contributed by atoms with Crippen molar-refractivity contribution in [3.8, 4) is 0 Å². The van der Waals surface area contributed by atoms with Gasteiger partial charge < -0.3 is 14.6 Å². The molecule has 0 aromatic rings. The number of carbonyl (C=O) groups excluding carboxylic acids is 2. The number of hydrogen-bond donors (Lipinski definition) is 0. The Morgan fingerprint density at radius 1 is 1.70 bits per heavy atom. The van der Waals surface area contributed by atoms with Crippen molar-refractivity contribution in [3.05, 3.63) is 11.3 Å². The molecule has 1 heterocycles. The molecule has 0 unspecified atom stereocenters. The fraction of sp³-hybridized carbons (Fsp3) is 0.333. The molecule has 0 saturated heterocycles. The third-order valence-electron chi connectivity index (χ3n) is 1.26. The van der Waals surface area contributed by atoms with Gasteiger partial charge in [-0.1, -0.05) is 0 Å². The Labute approximate surface area is 57.1 Å². The number of rotatable bonds is 1. The molecule has 4 nitrogen and oxygen atoms in total. The fourth-order valence-electron chi connectivity index (χ4n) is 0.753. The molecule has 0 fully saturated rings. The number of carbonyl (C=O) groups is 2. The molecular weight excluding hydrogens is 136 g/mol. The van der Waals surface area contributed by atoms with Crippen LogP contribution in [0.3, 0.4) is 0 Å². The van der Waals surface area contributed by atoms with Crippen LogP contribution in [0, 0.1) is 0 Å². The SMILES string of the molecule is CC1=C(C(=O)[O-])CC(=O)O1. The van der Waals surface area contributed by atoms with Crippen molar-refractivity contribution in [2.24, 2.45) is 0 Å². The number of hydrogen-bond acceptors (Lipinski definition) is 4. The Kier molecular flexibility index (Phi) is 1.45. The number of cyclic esters (lactones) is 1. The molecule has 1 aliphatic heterocycles. The van der Waals surface area contributed by atoms with Gasteiger partial charge in [-0.15, -0.1) is 0 Å².